The zero-order valence-electron chi connectivity index (χ0n) is 26.6. The SMILES string of the molecule is COc1cc2c(Oc3ccc(NC(=O)C4(C(=O)Nc5ccc(F)cc5)CC4)cc3F)ccnc2cc1OCCCCCCCCSC=O. The topological polar surface area (TPSA) is 116 Å². The van der Waals surface area contributed by atoms with Crippen LogP contribution in [0.2, 0.25) is 0 Å². The van der Waals surface area contributed by atoms with Gasteiger partial charge in [0.05, 0.1) is 19.2 Å². The van der Waals surface area contributed by atoms with Gasteiger partial charge in [-0.2, -0.15) is 0 Å². The Kier molecular flexibility index (Phi) is 11.8. The first-order chi connectivity index (χ1) is 23.3. The van der Waals surface area contributed by atoms with Crippen molar-refractivity contribution in [1.29, 1.82) is 0 Å². The summed E-state index contributed by atoms with van der Waals surface area (Å²) in [6, 6.07) is 14.4. The van der Waals surface area contributed by atoms with Gasteiger partial charge in [0, 0.05) is 40.8 Å². The molecule has 1 aliphatic carbocycles. The van der Waals surface area contributed by atoms with Crippen LogP contribution in [0.25, 0.3) is 10.9 Å². The number of hydrogen-bond donors (Lipinski definition) is 2. The highest BCUT2D eigenvalue weighted by atomic mass is 32.2. The molecule has 1 fully saturated rings. The van der Waals surface area contributed by atoms with E-state index in [1.54, 1.807) is 31.5 Å². The second kappa shape index (κ2) is 16.4. The predicted molar refractivity (Wildman–Crippen MR) is 183 cm³/mol. The number of fused-ring (bicyclic) bond motifs is 1. The van der Waals surface area contributed by atoms with E-state index < -0.39 is 28.9 Å². The molecule has 2 N–H and O–H groups in total. The molecule has 0 unspecified atom stereocenters. The Labute approximate surface area is 281 Å². The smallest absolute Gasteiger partial charge is 0.240 e. The van der Waals surface area contributed by atoms with Crippen LogP contribution in [0.4, 0.5) is 20.2 Å². The minimum Gasteiger partial charge on any atom is -0.493 e. The third-order valence-corrected chi connectivity index (χ3v) is 8.76. The van der Waals surface area contributed by atoms with E-state index in [9.17, 15) is 18.8 Å². The van der Waals surface area contributed by atoms with Gasteiger partial charge >= 0.3 is 0 Å². The van der Waals surface area contributed by atoms with E-state index in [1.165, 1.54) is 48.2 Å². The molecular weight excluding hydrogens is 640 g/mol. The molecule has 1 aliphatic rings. The van der Waals surface area contributed by atoms with Gasteiger partial charge in [0.2, 0.25) is 11.8 Å². The van der Waals surface area contributed by atoms with Crippen molar-refractivity contribution in [3.05, 3.63) is 78.5 Å². The summed E-state index contributed by atoms with van der Waals surface area (Å²) < 4.78 is 46.0. The Balaban J connectivity index is 1.18. The highest BCUT2D eigenvalue weighted by molar-refractivity contribution is 8.11. The number of nitrogens with zero attached hydrogens (tertiary/aromatic N) is 1. The number of benzene rings is 3. The Morgan fingerprint density at radius 2 is 1.52 bits per heavy atom. The fourth-order valence-electron chi connectivity index (χ4n) is 5.21. The number of anilines is 2. The molecule has 0 saturated heterocycles. The van der Waals surface area contributed by atoms with Gasteiger partial charge in [0.15, 0.2) is 28.7 Å². The van der Waals surface area contributed by atoms with Gasteiger partial charge < -0.3 is 24.8 Å². The number of hydrogen-bond acceptors (Lipinski definition) is 8. The van der Waals surface area contributed by atoms with Gasteiger partial charge in [-0.25, -0.2) is 8.78 Å². The summed E-state index contributed by atoms with van der Waals surface area (Å²) in [5.74, 6) is -0.0247. The lowest BCUT2D eigenvalue weighted by molar-refractivity contribution is -0.131. The highest BCUT2D eigenvalue weighted by Gasteiger charge is 2.56. The van der Waals surface area contributed by atoms with Crippen molar-refractivity contribution < 1.29 is 37.4 Å². The first kappa shape index (κ1) is 34.6. The second-order valence-electron chi connectivity index (χ2n) is 11.5. The largest absolute Gasteiger partial charge is 0.493 e. The molecular formula is C36H37F2N3O6S. The van der Waals surface area contributed by atoms with Crippen LogP contribution in [0.1, 0.15) is 51.4 Å². The molecule has 2 amide bonds. The van der Waals surface area contributed by atoms with Crippen molar-refractivity contribution in [3.63, 3.8) is 0 Å². The van der Waals surface area contributed by atoms with Gasteiger partial charge in [-0.15, -0.1) is 0 Å². The maximum absolute atomic E-state index is 15.2. The van der Waals surface area contributed by atoms with E-state index in [4.69, 9.17) is 14.2 Å². The molecule has 1 saturated carbocycles. The number of amides is 2. The molecule has 12 heteroatoms. The van der Waals surface area contributed by atoms with Crippen LogP contribution in [0.15, 0.2) is 66.9 Å². The number of rotatable bonds is 18. The van der Waals surface area contributed by atoms with Crippen LogP contribution in [-0.4, -0.2) is 41.9 Å². The number of ether oxygens (including phenoxy) is 3. The summed E-state index contributed by atoms with van der Waals surface area (Å²) in [6.45, 7) is 0.521. The van der Waals surface area contributed by atoms with E-state index in [0.29, 0.717) is 53.3 Å². The lowest BCUT2D eigenvalue weighted by atomic mass is 10.0. The van der Waals surface area contributed by atoms with Gasteiger partial charge in [0.25, 0.3) is 0 Å². The number of halogens is 2. The van der Waals surface area contributed by atoms with E-state index in [1.807, 2.05) is 0 Å². The molecule has 5 rings (SSSR count). The number of carbonyl (C=O) groups excluding carboxylic acids is 3. The number of carbonyl (C=O) groups is 3. The molecule has 0 atom stereocenters. The standard InChI is InChI=1S/C36H37F2N3O6S/c1-45-32-21-27-29(22-33(32)46-18-6-4-2-3-5-7-19-48-23-42)39-17-14-30(27)47-31-13-12-26(20-28(31)38)41-35(44)36(15-16-36)34(43)40-25-10-8-24(37)9-11-25/h8-14,17,20-23H,2-7,15-16,18-19H2,1H3,(H,40,43)(H,41,44). The number of pyridine rings is 1. The van der Waals surface area contributed by atoms with Crippen LogP contribution >= 0.6 is 11.8 Å². The maximum atomic E-state index is 15.2. The van der Waals surface area contributed by atoms with Gasteiger partial charge in [-0.3, -0.25) is 19.4 Å². The summed E-state index contributed by atoms with van der Waals surface area (Å²) in [7, 11) is 1.54. The van der Waals surface area contributed by atoms with Crippen molar-refractivity contribution in [1.82, 2.24) is 4.98 Å². The highest BCUT2D eigenvalue weighted by Crippen LogP contribution is 2.47. The third kappa shape index (κ3) is 8.80. The molecule has 1 heterocycles. The maximum Gasteiger partial charge on any atom is 0.240 e. The molecule has 3 aromatic carbocycles. The number of unbranched alkanes of at least 4 members (excludes halogenated alkanes) is 5. The average molecular weight is 678 g/mol. The van der Waals surface area contributed by atoms with Crippen LogP contribution in [0, 0.1) is 17.0 Å². The minimum atomic E-state index is -1.28. The fourth-order valence-corrected chi connectivity index (χ4v) is 5.68. The molecule has 0 bridgehead atoms. The normalized spacial score (nSPS) is 13.1. The lowest BCUT2D eigenvalue weighted by Crippen LogP contribution is -2.35. The summed E-state index contributed by atoms with van der Waals surface area (Å²) in [4.78, 5) is 40.7. The molecule has 0 aliphatic heterocycles. The van der Waals surface area contributed by atoms with Crippen LogP contribution < -0.4 is 24.8 Å². The van der Waals surface area contributed by atoms with Crippen LogP contribution in [0.3, 0.4) is 0 Å². The number of aromatic nitrogens is 1. The van der Waals surface area contributed by atoms with Gasteiger partial charge in [-0.1, -0.05) is 37.4 Å². The van der Waals surface area contributed by atoms with Crippen molar-refractivity contribution in [2.45, 2.75) is 51.4 Å². The van der Waals surface area contributed by atoms with Gasteiger partial charge in [0.1, 0.15) is 17.0 Å². The summed E-state index contributed by atoms with van der Waals surface area (Å²) >= 11 is 1.32. The minimum absolute atomic E-state index is 0.0718. The van der Waals surface area contributed by atoms with E-state index in [2.05, 4.69) is 15.6 Å². The van der Waals surface area contributed by atoms with Crippen molar-refractivity contribution in [3.8, 4) is 23.0 Å². The summed E-state index contributed by atoms with van der Waals surface area (Å²) in [5, 5.41) is 5.88. The van der Waals surface area contributed by atoms with E-state index in [-0.39, 0.29) is 11.4 Å². The predicted octanol–water partition coefficient (Wildman–Crippen LogP) is 8.31. The second-order valence-corrected chi connectivity index (χ2v) is 12.4. The Hall–Kier alpha value is -4.71. The molecule has 0 radical (unpaired) electrons. The van der Waals surface area contributed by atoms with Crippen molar-refractivity contribution in [2.24, 2.45) is 5.41 Å². The number of thioether (sulfide) groups is 1. The van der Waals surface area contributed by atoms with Crippen molar-refractivity contribution in [2.75, 3.05) is 30.1 Å². The van der Waals surface area contributed by atoms with Crippen molar-refractivity contribution >= 4 is 51.5 Å². The monoisotopic (exact) mass is 677 g/mol. The number of nitrogens with one attached hydrogen (secondary N) is 2. The molecule has 1 aromatic heterocycles. The zero-order chi connectivity index (χ0) is 33.9. The third-order valence-electron chi connectivity index (χ3n) is 8.10. The number of methoxy groups -OCH3 is 1. The van der Waals surface area contributed by atoms with E-state index in [0.717, 1.165) is 56.0 Å². The zero-order valence-corrected chi connectivity index (χ0v) is 27.4. The van der Waals surface area contributed by atoms with Crippen LogP contribution in [-0.2, 0) is 14.4 Å². The Morgan fingerprint density at radius 1 is 0.833 bits per heavy atom. The van der Waals surface area contributed by atoms with Gasteiger partial charge in [-0.05, 0) is 74.2 Å². The first-order valence-corrected chi connectivity index (χ1v) is 16.9. The molecule has 48 heavy (non-hydrogen) atoms. The fraction of sp³-hybridized carbons (Fsp3) is 0.333. The quantitative estimate of drug-likeness (QED) is 0.0614. The summed E-state index contributed by atoms with van der Waals surface area (Å²) in [6.07, 6.45) is 8.55. The average Bonchev–Trinajstić information content (AvgIpc) is 3.90. The first-order valence-electron chi connectivity index (χ1n) is 15.8. The van der Waals surface area contributed by atoms with E-state index >= 15 is 4.39 Å². The Bertz CT molecular complexity index is 1750. The molecule has 252 valence electrons. The molecule has 0 spiro atoms. The van der Waals surface area contributed by atoms with Crippen LogP contribution in [0.5, 0.6) is 23.0 Å². The lowest BCUT2D eigenvalue weighted by Gasteiger charge is -2.16. The Morgan fingerprint density at radius 3 is 2.21 bits per heavy atom. The molecule has 9 nitrogen and oxygen atoms in total. The summed E-state index contributed by atoms with van der Waals surface area (Å²) in [5.41, 5.74) is 0.728. The molecule has 4 aromatic rings.